The summed E-state index contributed by atoms with van der Waals surface area (Å²) in [4.78, 5) is 17.6. The molecule has 0 aliphatic rings. The van der Waals surface area contributed by atoms with E-state index in [4.69, 9.17) is 19.8 Å². The summed E-state index contributed by atoms with van der Waals surface area (Å²) in [5.41, 5.74) is 12.1. The summed E-state index contributed by atoms with van der Waals surface area (Å²) in [6.45, 7) is 0. The molecule has 0 bridgehead atoms. The molecule has 0 saturated heterocycles. The van der Waals surface area contributed by atoms with Crippen molar-refractivity contribution in [2.75, 3.05) is 0 Å². The van der Waals surface area contributed by atoms with Crippen molar-refractivity contribution in [1.29, 1.82) is 0 Å². The van der Waals surface area contributed by atoms with Crippen LogP contribution in [0.1, 0.15) is 22.6 Å². The van der Waals surface area contributed by atoms with Crippen LogP contribution in [-0.2, 0) is 0 Å². The third kappa shape index (κ3) is 8.74. The average Bonchev–Trinajstić information content (AvgIpc) is 2.64. The van der Waals surface area contributed by atoms with Gasteiger partial charge in [0.15, 0.2) is 0 Å². The highest BCUT2D eigenvalue weighted by molar-refractivity contribution is 5.61. The lowest BCUT2D eigenvalue weighted by Crippen LogP contribution is -2.03. The number of nitrogens with two attached hydrogens (primary N) is 2. The van der Waals surface area contributed by atoms with Gasteiger partial charge in [0.25, 0.3) is 0 Å². The Labute approximate surface area is 157 Å². The van der Waals surface area contributed by atoms with Crippen molar-refractivity contribution in [1.82, 2.24) is 0 Å². The van der Waals surface area contributed by atoms with Gasteiger partial charge in [-0.3, -0.25) is 0 Å². The highest BCUT2D eigenvalue weighted by Gasteiger charge is 2.15. The highest BCUT2D eigenvalue weighted by atomic mass is 16.4. The summed E-state index contributed by atoms with van der Waals surface area (Å²) < 4.78 is 0. The number of hydrogen-bond donors (Lipinski definition) is 4. The van der Waals surface area contributed by atoms with Gasteiger partial charge in [0.05, 0.1) is 0 Å². The zero-order valence-electron chi connectivity index (χ0n) is 14.6. The van der Waals surface area contributed by atoms with Crippen LogP contribution in [0.4, 0.5) is 9.59 Å². The number of carbonyl (C=O) groups is 2. The van der Waals surface area contributed by atoms with Gasteiger partial charge in [0.1, 0.15) is 0 Å². The van der Waals surface area contributed by atoms with Crippen LogP contribution in [0.15, 0.2) is 91.0 Å². The van der Waals surface area contributed by atoms with Crippen LogP contribution in [-0.4, -0.2) is 22.4 Å². The molecular weight excluding hydrogens is 344 g/mol. The van der Waals surface area contributed by atoms with Gasteiger partial charge in [-0.15, -0.1) is 0 Å². The first-order chi connectivity index (χ1) is 12.9. The molecule has 0 aliphatic heterocycles. The standard InChI is InChI=1S/C19H16.2CH3NO2/c1-4-10-16(11-5-1)19(17-12-6-2-7-13-17)18-14-8-3-9-15-18;2*2-1(3)4/h1-15,19H;2*2H2,(H,3,4). The molecule has 3 aromatic carbocycles. The van der Waals surface area contributed by atoms with E-state index in [0.717, 1.165) is 0 Å². The predicted octanol–water partition coefficient (Wildman–Crippen LogP) is 4.11. The van der Waals surface area contributed by atoms with E-state index in [1.807, 2.05) is 0 Å². The Kier molecular flexibility index (Phi) is 9.21. The van der Waals surface area contributed by atoms with Gasteiger partial charge in [0, 0.05) is 5.92 Å². The van der Waals surface area contributed by atoms with Crippen LogP contribution in [0.5, 0.6) is 0 Å². The zero-order valence-corrected chi connectivity index (χ0v) is 14.6. The molecule has 3 rings (SSSR count). The molecule has 27 heavy (non-hydrogen) atoms. The Morgan fingerprint density at radius 2 is 0.741 bits per heavy atom. The van der Waals surface area contributed by atoms with Crippen LogP contribution < -0.4 is 11.5 Å². The van der Waals surface area contributed by atoms with Gasteiger partial charge in [-0.2, -0.15) is 0 Å². The molecule has 0 fully saturated rings. The van der Waals surface area contributed by atoms with Crippen molar-refractivity contribution in [2.24, 2.45) is 11.5 Å². The van der Waals surface area contributed by atoms with E-state index < -0.39 is 12.2 Å². The second-order valence-electron chi connectivity index (χ2n) is 5.34. The molecule has 2 amide bonds. The summed E-state index contributed by atoms with van der Waals surface area (Å²) in [6.07, 6.45) is -2.67. The Bertz CT molecular complexity index is 695. The van der Waals surface area contributed by atoms with Crippen LogP contribution >= 0.6 is 0 Å². The SMILES string of the molecule is NC(=O)O.NC(=O)O.c1ccc(C(c2ccccc2)c2ccccc2)cc1. The van der Waals surface area contributed by atoms with E-state index in [-0.39, 0.29) is 0 Å². The van der Waals surface area contributed by atoms with E-state index in [9.17, 15) is 0 Å². The molecule has 0 aliphatic carbocycles. The van der Waals surface area contributed by atoms with Crippen molar-refractivity contribution in [3.8, 4) is 0 Å². The summed E-state index contributed by atoms with van der Waals surface area (Å²) in [6, 6.07) is 32.0. The fraction of sp³-hybridized carbons (Fsp3) is 0.0476. The first-order valence-electron chi connectivity index (χ1n) is 8.03. The smallest absolute Gasteiger partial charge is 0.402 e. The van der Waals surface area contributed by atoms with E-state index in [2.05, 4.69) is 102 Å². The minimum atomic E-state index is -1.33. The number of primary amides is 2. The minimum absolute atomic E-state index is 0.309. The van der Waals surface area contributed by atoms with E-state index in [0.29, 0.717) is 5.92 Å². The zero-order chi connectivity index (χ0) is 20.1. The molecule has 0 saturated carbocycles. The monoisotopic (exact) mass is 366 g/mol. The lowest BCUT2D eigenvalue weighted by Gasteiger charge is -2.18. The Balaban J connectivity index is 0.000000390. The first kappa shape index (κ1) is 21.2. The lowest BCUT2D eigenvalue weighted by atomic mass is 9.85. The van der Waals surface area contributed by atoms with Crippen molar-refractivity contribution >= 4 is 12.2 Å². The maximum absolute atomic E-state index is 8.78. The van der Waals surface area contributed by atoms with Gasteiger partial charge >= 0.3 is 12.2 Å². The van der Waals surface area contributed by atoms with Gasteiger partial charge in [-0.1, -0.05) is 91.0 Å². The first-order valence-corrected chi connectivity index (χ1v) is 8.03. The van der Waals surface area contributed by atoms with Crippen molar-refractivity contribution in [2.45, 2.75) is 5.92 Å². The Morgan fingerprint density at radius 3 is 0.926 bits per heavy atom. The average molecular weight is 366 g/mol. The Hall–Kier alpha value is -3.80. The molecule has 6 heteroatoms. The summed E-state index contributed by atoms with van der Waals surface area (Å²) >= 11 is 0. The maximum Gasteiger partial charge on any atom is 0.402 e. The van der Waals surface area contributed by atoms with Gasteiger partial charge in [0.2, 0.25) is 0 Å². The van der Waals surface area contributed by atoms with Crippen LogP contribution in [0.2, 0.25) is 0 Å². The van der Waals surface area contributed by atoms with Crippen LogP contribution in [0.3, 0.4) is 0 Å². The van der Waals surface area contributed by atoms with E-state index in [1.165, 1.54) is 16.7 Å². The topological polar surface area (TPSA) is 127 Å². The summed E-state index contributed by atoms with van der Waals surface area (Å²) in [5, 5.41) is 14.4. The third-order valence-electron chi connectivity index (χ3n) is 3.40. The number of rotatable bonds is 3. The molecule has 0 aromatic heterocycles. The minimum Gasteiger partial charge on any atom is -0.465 e. The van der Waals surface area contributed by atoms with Crippen molar-refractivity contribution in [3.05, 3.63) is 108 Å². The molecule has 140 valence electrons. The lowest BCUT2D eigenvalue weighted by molar-refractivity contribution is 0.204. The van der Waals surface area contributed by atoms with Crippen molar-refractivity contribution < 1.29 is 19.8 Å². The molecule has 0 unspecified atom stereocenters. The van der Waals surface area contributed by atoms with Gasteiger partial charge < -0.3 is 21.7 Å². The highest BCUT2D eigenvalue weighted by Crippen LogP contribution is 2.31. The third-order valence-corrected chi connectivity index (χ3v) is 3.40. The predicted molar refractivity (Wildman–Crippen MR) is 105 cm³/mol. The molecule has 0 radical (unpaired) electrons. The molecule has 0 heterocycles. The molecule has 6 nitrogen and oxygen atoms in total. The van der Waals surface area contributed by atoms with Crippen LogP contribution in [0, 0.1) is 0 Å². The summed E-state index contributed by atoms with van der Waals surface area (Å²) in [5.74, 6) is 0.309. The molecule has 0 spiro atoms. The molecule has 3 aromatic rings. The fourth-order valence-corrected chi connectivity index (χ4v) is 2.51. The molecule has 0 atom stereocenters. The number of amides is 2. The molecular formula is C21H22N2O4. The fourth-order valence-electron chi connectivity index (χ4n) is 2.51. The largest absolute Gasteiger partial charge is 0.465 e. The van der Waals surface area contributed by atoms with Crippen molar-refractivity contribution in [3.63, 3.8) is 0 Å². The number of carboxylic acid groups (broad SMARTS) is 2. The maximum atomic E-state index is 8.78. The second-order valence-corrected chi connectivity index (χ2v) is 5.34. The van der Waals surface area contributed by atoms with E-state index in [1.54, 1.807) is 0 Å². The second kappa shape index (κ2) is 11.7. The number of benzene rings is 3. The van der Waals surface area contributed by atoms with Gasteiger partial charge in [-0.25, -0.2) is 9.59 Å². The quantitative estimate of drug-likeness (QED) is 0.520. The van der Waals surface area contributed by atoms with E-state index >= 15 is 0 Å². The summed E-state index contributed by atoms with van der Waals surface area (Å²) in [7, 11) is 0. The normalized spacial score (nSPS) is 9.22. The van der Waals surface area contributed by atoms with Gasteiger partial charge in [-0.05, 0) is 16.7 Å². The molecule has 6 N–H and O–H groups in total. The van der Waals surface area contributed by atoms with Crippen LogP contribution in [0.25, 0.3) is 0 Å². The number of hydrogen-bond acceptors (Lipinski definition) is 2. The Morgan fingerprint density at radius 1 is 0.556 bits per heavy atom.